The van der Waals surface area contributed by atoms with Crippen LogP contribution in [0, 0.1) is 33.8 Å². The van der Waals surface area contributed by atoms with Crippen molar-refractivity contribution in [3.8, 4) is 5.69 Å². The maximum absolute atomic E-state index is 14.6. The van der Waals surface area contributed by atoms with Crippen LogP contribution in [-0.2, 0) is 54.2 Å². The van der Waals surface area contributed by atoms with Crippen molar-refractivity contribution < 1.29 is 57.8 Å². The number of ketones is 1. The molecule has 3 aliphatic heterocycles. The number of nitrogens with zero attached hydrogens (tertiary/aromatic N) is 7. The van der Waals surface area contributed by atoms with Crippen molar-refractivity contribution in [2.45, 2.75) is 142 Å². The minimum atomic E-state index is -1.99. The van der Waals surface area contributed by atoms with Crippen LogP contribution in [0.25, 0.3) is 5.69 Å². The van der Waals surface area contributed by atoms with Crippen molar-refractivity contribution in [1.82, 2.24) is 19.7 Å². The largest absolute Gasteiger partial charge is 0.459 e. The molecule has 0 radical (unpaired) electrons. The van der Waals surface area contributed by atoms with Gasteiger partial charge in [0.1, 0.15) is 23.3 Å². The van der Waals surface area contributed by atoms with Gasteiger partial charge in [-0.05, 0) is 79.3 Å². The van der Waals surface area contributed by atoms with Gasteiger partial charge in [0.05, 0.1) is 71.6 Å². The Morgan fingerprint density at radius 1 is 1.13 bits per heavy atom. The van der Waals surface area contributed by atoms with E-state index < -0.39 is 88.3 Å². The van der Waals surface area contributed by atoms with E-state index in [-0.39, 0.29) is 56.2 Å². The molecule has 3 fully saturated rings. The van der Waals surface area contributed by atoms with Crippen LogP contribution < -0.4 is 0 Å². The number of hydrazone groups is 1. The standard InChI is InChI=1S/C43H63N7O13/c1-12-34-43(9,54)39-26(4)35(46-50(55)56)24(2)19-42(8,58-22-31(21-57-39)47-59-23-30-14-15-32(20-44-30)49-17-13-16-45-49)38(27(5)36(52)28(6)40(53)62-34)63-41-37(61-29(7)51)33(48(10)11)18-25(3)60-41/h13-17,20,24-28,33-34,37-39,41,54H,12,18-19,21-23H2,1-11H3/b46-35+,47-31+/t24-,25-,26+,27+,28-,33+,34-,37-,38-,39+,41+,42-,43-/m1/s1. The number of oxime groups is 1. The molecule has 0 spiro atoms. The molecular formula is C43H63N7O13. The summed E-state index contributed by atoms with van der Waals surface area (Å²) in [6.07, 6.45) is -0.755. The van der Waals surface area contributed by atoms with Crippen molar-refractivity contribution in [1.29, 1.82) is 0 Å². The molecule has 5 heterocycles. The molecule has 63 heavy (non-hydrogen) atoms. The van der Waals surface area contributed by atoms with Crippen molar-refractivity contribution in [2.24, 2.45) is 33.9 Å². The van der Waals surface area contributed by atoms with Gasteiger partial charge in [-0.2, -0.15) is 5.10 Å². The highest BCUT2D eigenvalue weighted by atomic mass is 16.7. The fourth-order valence-electron chi connectivity index (χ4n) is 9.05. The number of fused-ring (bicyclic) bond motifs is 5. The zero-order valence-corrected chi connectivity index (χ0v) is 38.0. The molecule has 348 valence electrons. The zero-order chi connectivity index (χ0) is 46.4. The van der Waals surface area contributed by atoms with Crippen molar-refractivity contribution in [2.75, 3.05) is 27.3 Å². The van der Waals surface area contributed by atoms with E-state index in [0.29, 0.717) is 12.1 Å². The van der Waals surface area contributed by atoms with E-state index in [9.17, 15) is 29.6 Å². The monoisotopic (exact) mass is 885 g/mol. The quantitative estimate of drug-likeness (QED) is 0.154. The van der Waals surface area contributed by atoms with Gasteiger partial charge in [-0.3, -0.25) is 19.4 Å². The number of cyclic esters (lactones) is 1. The van der Waals surface area contributed by atoms with Gasteiger partial charge in [-0.15, -0.1) is 0 Å². The Morgan fingerprint density at radius 3 is 2.46 bits per heavy atom. The lowest BCUT2D eigenvalue weighted by molar-refractivity contribution is -0.485. The number of carbonyl (C=O) groups is 3. The highest BCUT2D eigenvalue weighted by Crippen LogP contribution is 2.40. The molecule has 5 rings (SSSR count). The maximum Gasteiger partial charge on any atom is 0.316 e. The van der Waals surface area contributed by atoms with E-state index in [1.165, 1.54) is 20.8 Å². The van der Waals surface area contributed by atoms with E-state index >= 15 is 0 Å². The summed E-state index contributed by atoms with van der Waals surface area (Å²) in [4.78, 5) is 65.6. The topological polar surface area (TPSA) is 238 Å². The summed E-state index contributed by atoms with van der Waals surface area (Å²) in [6, 6.07) is 5.02. The van der Waals surface area contributed by atoms with Crippen molar-refractivity contribution >= 4 is 29.1 Å². The van der Waals surface area contributed by atoms with Crippen LogP contribution in [0.3, 0.4) is 0 Å². The van der Waals surface area contributed by atoms with Gasteiger partial charge in [0.2, 0.25) is 0 Å². The van der Waals surface area contributed by atoms with Crippen LogP contribution >= 0.6 is 0 Å². The number of aromatic nitrogens is 3. The molecule has 0 aliphatic carbocycles. The molecule has 0 unspecified atom stereocenters. The van der Waals surface area contributed by atoms with Gasteiger partial charge in [0.25, 0.3) is 0 Å². The van der Waals surface area contributed by atoms with E-state index in [2.05, 4.69) is 20.3 Å². The molecule has 20 nitrogen and oxygen atoms in total. The highest BCUT2D eigenvalue weighted by Gasteiger charge is 2.54. The smallest absolute Gasteiger partial charge is 0.316 e. The molecular weight excluding hydrogens is 823 g/mol. The van der Waals surface area contributed by atoms with Crippen LogP contribution in [0.2, 0.25) is 0 Å². The molecule has 0 aromatic carbocycles. The van der Waals surface area contributed by atoms with Crippen LogP contribution in [0.5, 0.6) is 0 Å². The molecule has 3 aliphatic rings. The van der Waals surface area contributed by atoms with E-state index in [1.54, 1.807) is 70.0 Å². The molecule has 2 aromatic heterocycles. The Bertz CT molecular complexity index is 1960. The molecule has 2 bridgehead atoms. The van der Waals surface area contributed by atoms with Crippen molar-refractivity contribution in [3.05, 3.63) is 52.6 Å². The fraction of sp³-hybridized carbons (Fsp3) is 0.698. The molecule has 3 saturated heterocycles. The SMILES string of the molecule is CC[C@H]1OC(=O)[C@H](C)C(=O)[C@H](C)[C@@H](O[C@@H]2O[C@H](C)C[C@H](N(C)C)[C@H]2OC(C)=O)[C@@]2(C)C[C@@H](C)/C(=N\[N+](=O)[O-])[C@H](C)[C@H](OC/C(=N\OCc3ccc(-n4cccn4)cn3)CO2)[C@]1(C)O. The Labute approximate surface area is 367 Å². The lowest BCUT2D eigenvalue weighted by atomic mass is 9.74. The number of likely N-dealkylation sites (N-methyl/N-ethyl adjacent to an activating group) is 1. The number of hydrogen-bond donors (Lipinski definition) is 1. The molecule has 2 aromatic rings. The number of nitro groups is 1. The Kier molecular flexibility index (Phi) is 16.3. The second kappa shape index (κ2) is 20.8. The van der Waals surface area contributed by atoms with E-state index in [0.717, 1.165) is 5.69 Å². The zero-order valence-electron chi connectivity index (χ0n) is 38.0. The van der Waals surface area contributed by atoms with Gasteiger partial charge >= 0.3 is 11.9 Å². The minimum Gasteiger partial charge on any atom is -0.459 e. The lowest BCUT2D eigenvalue weighted by Gasteiger charge is -2.48. The molecule has 0 saturated carbocycles. The Balaban J connectivity index is 1.66. The molecule has 1 N–H and O–H groups in total. The second-order valence-electron chi connectivity index (χ2n) is 17.6. The first kappa shape index (κ1) is 49.3. The summed E-state index contributed by atoms with van der Waals surface area (Å²) < 4.78 is 40.0. The third-order valence-corrected chi connectivity index (χ3v) is 12.3. The van der Waals surface area contributed by atoms with Crippen LogP contribution in [0.4, 0.5) is 0 Å². The Hall–Kier alpha value is -4.73. The number of carbonyl (C=O) groups excluding carboxylic acids is 3. The Morgan fingerprint density at radius 2 is 1.86 bits per heavy atom. The number of ether oxygens (including phenoxy) is 6. The number of aliphatic hydroxyl groups is 1. The fourth-order valence-corrected chi connectivity index (χ4v) is 9.05. The predicted molar refractivity (Wildman–Crippen MR) is 226 cm³/mol. The summed E-state index contributed by atoms with van der Waals surface area (Å²) in [7, 11) is 3.69. The van der Waals surface area contributed by atoms with Crippen molar-refractivity contribution in [3.63, 3.8) is 0 Å². The summed E-state index contributed by atoms with van der Waals surface area (Å²) >= 11 is 0. The summed E-state index contributed by atoms with van der Waals surface area (Å²) in [5, 5.41) is 36.4. The number of Topliss-reactive ketones (excluding diaryl/α,β-unsaturated/α-hetero) is 1. The van der Waals surface area contributed by atoms with Gasteiger partial charge in [-0.1, -0.05) is 32.9 Å². The van der Waals surface area contributed by atoms with Gasteiger partial charge in [0.15, 0.2) is 29.8 Å². The molecule has 0 amide bonds. The normalized spacial score (nSPS) is 36.2. The van der Waals surface area contributed by atoms with Gasteiger partial charge in [0, 0.05) is 37.1 Å². The number of pyridine rings is 1. The molecule has 20 heteroatoms. The third-order valence-electron chi connectivity index (χ3n) is 12.3. The number of rotatable bonds is 10. The minimum absolute atomic E-state index is 0.0405. The van der Waals surface area contributed by atoms with Crippen LogP contribution in [0.1, 0.15) is 87.3 Å². The van der Waals surface area contributed by atoms with E-state index in [4.69, 9.17) is 33.3 Å². The lowest BCUT2D eigenvalue weighted by Crippen LogP contribution is -2.60. The predicted octanol–water partition coefficient (Wildman–Crippen LogP) is 3.92. The maximum atomic E-state index is 14.6. The summed E-state index contributed by atoms with van der Waals surface area (Å²) in [5.74, 6) is -6.27. The van der Waals surface area contributed by atoms with Crippen LogP contribution in [-0.4, -0.2) is 140 Å². The third kappa shape index (κ3) is 11.7. The average molecular weight is 886 g/mol. The average Bonchev–Trinajstić information content (AvgIpc) is 3.76. The first-order valence-corrected chi connectivity index (χ1v) is 21.4. The highest BCUT2D eigenvalue weighted by molar-refractivity contribution is 6.00. The number of esters is 2. The van der Waals surface area contributed by atoms with E-state index in [1.807, 2.05) is 32.0 Å². The second-order valence-corrected chi connectivity index (χ2v) is 17.6. The number of hydrogen-bond acceptors (Lipinski definition) is 17. The summed E-state index contributed by atoms with van der Waals surface area (Å²) in [5.41, 5.74) is -2.02. The van der Waals surface area contributed by atoms with Gasteiger partial charge in [-0.25, -0.2) is 14.8 Å². The first-order valence-electron chi connectivity index (χ1n) is 21.4. The summed E-state index contributed by atoms with van der Waals surface area (Å²) in [6.45, 7) is 13.7. The van der Waals surface area contributed by atoms with Crippen LogP contribution in [0.15, 0.2) is 47.0 Å². The van der Waals surface area contributed by atoms with Gasteiger partial charge < -0.3 is 43.3 Å². The first-order chi connectivity index (χ1) is 29.7. The molecule has 13 atom stereocenters.